The van der Waals surface area contributed by atoms with Crippen LogP contribution in [0.4, 0.5) is 0 Å². The van der Waals surface area contributed by atoms with Crippen molar-refractivity contribution in [1.29, 1.82) is 0 Å². The number of likely N-dealkylation sites (tertiary alicyclic amines) is 1. The summed E-state index contributed by atoms with van der Waals surface area (Å²) in [7, 11) is 1.96. The van der Waals surface area contributed by atoms with E-state index in [-0.39, 0.29) is 36.8 Å². The fourth-order valence-corrected chi connectivity index (χ4v) is 3.10. The highest BCUT2D eigenvalue weighted by molar-refractivity contribution is 5.85. The predicted molar refractivity (Wildman–Crippen MR) is 94.2 cm³/mol. The van der Waals surface area contributed by atoms with Gasteiger partial charge in [-0.3, -0.25) is 4.79 Å². The first-order chi connectivity index (χ1) is 9.58. The van der Waals surface area contributed by atoms with Gasteiger partial charge in [0.25, 0.3) is 0 Å². The average Bonchev–Trinajstić information content (AvgIpc) is 2.47. The van der Waals surface area contributed by atoms with E-state index in [0.29, 0.717) is 25.1 Å². The maximum atomic E-state index is 12.3. The Hall–Kier alpha value is -0.0700. The molecule has 1 unspecified atom stereocenters. The van der Waals surface area contributed by atoms with Crippen molar-refractivity contribution in [3.8, 4) is 0 Å². The number of rotatable bonds is 4. The van der Waals surface area contributed by atoms with Crippen LogP contribution in [0.5, 0.6) is 0 Å². The van der Waals surface area contributed by atoms with Gasteiger partial charge in [0.2, 0.25) is 5.91 Å². The van der Waals surface area contributed by atoms with E-state index in [1.165, 1.54) is 0 Å². The van der Waals surface area contributed by atoms with Crippen molar-refractivity contribution in [2.75, 3.05) is 39.9 Å². The molecule has 132 valence electrons. The first-order valence-corrected chi connectivity index (χ1v) is 7.88. The van der Waals surface area contributed by atoms with Crippen LogP contribution in [0.25, 0.3) is 0 Å². The van der Waals surface area contributed by atoms with Gasteiger partial charge in [0.05, 0.1) is 13.2 Å². The van der Waals surface area contributed by atoms with E-state index in [2.05, 4.69) is 24.1 Å². The molecule has 7 heteroatoms. The summed E-state index contributed by atoms with van der Waals surface area (Å²) in [6.07, 6.45) is 2.74. The lowest BCUT2D eigenvalue weighted by atomic mass is 10.0. The molecule has 2 saturated heterocycles. The standard InChI is InChI=1S/C15H29N3O2.2ClH/c1-12(2)18-7-4-14(5-8-18)17(3)15(19)10-13-11-20-9-6-16-13;;/h12-14,16H,4-11H2,1-3H3;2*1H. The van der Waals surface area contributed by atoms with Crippen LogP contribution < -0.4 is 5.32 Å². The van der Waals surface area contributed by atoms with Crippen LogP contribution in [0.3, 0.4) is 0 Å². The molecule has 0 saturated carbocycles. The molecule has 1 amide bonds. The Morgan fingerprint density at radius 1 is 1.32 bits per heavy atom. The van der Waals surface area contributed by atoms with Crippen LogP contribution in [-0.2, 0) is 9.53 Å². The summed E-state index contributed by atoms with van der Waals surface area (Å²) >= 11 is 0. The van der Waals surface area contributed by atoms with Crippen LogP contribution in [-0.4, -0.2) is 73.7 Å². The molecule has 2 rings (SSSR count). The SMILES string of the molecule is CC(C)N1CCC(N(C)C(=O)CC2COCCN2)CC1.Cl.Cl. The summed E-state index contributed by atoms with van der Waals surface area (Å²) in [6.45, 7) is 8.96. The Morgan fingerprint density at radius 3 is 2.45 bits per heavy atom. The van der Waals surface area contributed by atoms with Crippen LogP contribution in [0.2, 0.25) is 0 Å². The number of piperidine rings is 1. The molecule has 0 bridgehead atoms. The zero-order valence-electron chi connectivity index (χ0n) is 13.9. The van der Waals surface area contributed by atoms with E-state index < -0.39 is 0 Å². The minimum absolute atomic E-state index is 0. The van der Waals surface area contributed by atoms with Crippen molar-refractivity contribution in [3.63, 3.8) is 0 Å². The van der Waals surface area contributed by atoms with E-state index in [4.69, 9.17) is 4.74 Å². The number of morpholine rings is 1. The van der Waals surface area contributed by atoms with Crippen LogP contribution in [0.1, 0.15) is 33.1 Å². The Kier molecular flexibility index (Phi) is 10.6. The number of carbonyl (C=O) groups is 1. The van der Waals surface area contributed by atoms with Gasteiger partial charge >= 0.3 is 0 Å². The lowest BCUT2D eigenvalue weighted by Gasteiger charge is -2.39. The second-order valence-electron chi connectivity index (χ2n) is 6.30. The van der Waals surface area contributed by atoms with Crippen molar-refractivity contribution in [1.82, 2.24) is 15.1 Å². The van der Waals surface area contributed by atoms with Gasteiger partial charge in [0, 0.05) is 51.2 Å². The normalized spacial score (nSPS) is 23.5. The second-order valence-corrected chi connectivity index (χ2v) is 6.30. The van der Waals surface area contributed by atoms with Crippen LogP contribution in [0.15, 0.2) is 0 Å². The second kappa shape index (κ2) is 10.7. The third-order valence-electron chi connectivity index (χ3n) is 4.59. The highest BCUT2D eigenvalue weighted by atomic mass is 35.5. The van der Waals surface area contributed by atoms with Gasteiger partial charge in [-0.25, -0.2) is 0 Å². The number of amides is 1. The molecule has 0 spiro atoms. The smallest absolute Gasteiger partial charge is 0.224 e. The zero-order valence-corrected chi connectivity index (χ0v) is 15.5. The summed E-state index contributed by atoms with van der Waals surface area (Å²) in [5, 5.41) is 3.35. The maximum Gasteiger partial charge on any atom is 0.224 e. The largest absolute Gasteiger partial charge is 0.378 e. The first-order valence-electron chi connectivity index (χ1n) is 7.88. The van der Waals surface area contributed by atoms with Gasteiger partial charge in [-0.05, 0) is 26.7 Å². The molecular weight excluding hydrogens is 325 g/mol. The summed E-state index contributed by atoms with van der Waals surface area (Å²) in [5.74, 6) is 0.246. The molecule has 5 nitrogen and oxygen atoms in total. The Morgan fingerprint density at radius 2 is 1.95 bits per heavy atom. The number of carbonyl (C=O) groups excluding carboxylic acids is 1. The molecule has 0 aromatic rings. The van der Waals surface area contributed by atoms with Gasteiger partial charge in [-0.1, -0.05) is 0 Å². The zero-order chi connectivity index (χ0) is 14.5. The minimum atomic E-state index is 0. The predicted octanol–water partition coefficient (Wildman–Crippen LogP) is 1.54. The van der Waals surface area contributed by atoms with Gasteiger partial charge in [0.15, 0.2) is 0 Å². The Bertz CT molecular complexity index is 318. The van der Waals surface area contributed by atoms with Crippen LogP contribution >= 0.6 is 24.8 Å². The number of nitrogens with zero attached hydrogens (tertiary/aromatic N) is 2. The monoisotopic (exact) mass is 355 g/mol. The Balaban J connectivity index is 0.00000220. The highest BCUT2D eigenvalue weighted by Gasteiger charge is 2.27. The molecule has 2 heterocycles. The fraction of sp³-hybridized carbons (Fsp3) is 0.933. The van der Waals surface area contributed by atoms with Gasteiger partial charge in [-0.15, -0.1) is 24.8 Å². The number of hydrogen-bond acceptors (Lipinski definition) is 4. The van der Waals surface area contributed by atoms with E-state index >= 15 is 0 Å². The third-order valence-corrected chi connectivity index (χ3v) is 4.59. The minimum Gasteiger partial charge on any atom is -0.378 e. The van der Waals surface area contributed by atoms with E-state index in [9.17, 15) is 4.79 Å². The van der Waals surface area contributed by atoms with Crippen molar-refractivity contribution >= 4 is 30.7 Å². The molecule has 0 aromatic heterocycles. The molecule has 1 atom stereocenters. The topological polar surface area (TPSA) is 44.8 Å². The number of hydrogen-bond donors (Lipinski definition) is 1. The Labute approximate surface area is 146 Å². The van der Waals surface area contributed by atoms with Crippen molar-refractivity contribution < 1.29 is 9.53 Å². The molecule has 0 aromatic carbocycles. The molecule has 2 aliphatic heterocycles. The third kappa shape index (κ3) is 6.20. The quantitative estimate of drug-likeness (QED) is 0.830. The molecule has 1 N–H and O–H groups in total. The molecular formula is C15H31Cl2N3O2. The van der Waals surface area contributed by atoms with E-state index in [1.807, 2.05) is 11.9 Å². The summed E-state index contributed by atoms with van der Waals surface area (Å²) in [6, 6.07) is 1.21. The van der Waals surface area contributed by atoms with Gasteiger partial charge in [0.1, 0.15) is 0 Å². The van der Waals surface area contributed by atoms with Crippen molar-refractivity contribution in [2.24, 2.45) is 0 Å². The molecule has 22 heavy (non-hydrogen) atoms. The van der Waals surface area contributed by atoms with E-state index in [0.717, 1.165) is 39.1 Å². The van der Waals surface area contributed by atoms with Gasteiger partial charge in [-0.2, -0.15) is 0 Å². The number of halogens is 2. The molecule has 0 aliphatic carbocycles. The number of nitrogens with one attached hydrogen (secondary N) is 1. The average molecular weight is 356 g/mol. The summed E-state index contributed by atoms with van der Waals surface area (Å²) in [5.41, 5.74) is 0. The maximum absolute atomic E-state index is 12.3. The molecule has 0 radical (unpaired) electrons. The lowest BCUT2D eigenvalue weighted by Crippen LogP contribution is -2.49. The molecule has 2 fully saturated rings. The van der Waals surface area contributed by atoms with Crippen LogP contribution in [0, 0.1) is 0 Å². The van der Waals surface area contributed by atoms with Crippen molar-refractivity contribution in [2.45, 2.75) is 51.2 Å². The highest BCUT2D eigenvalue weighted by Crippen LogP contribution is 2.18. The molecule has 2 aliphatic rings. The summed E-state index contributed by atoms with van der Waals surface area (Å²) in [4.78, 5) is 16.8. The van der Waals surface area contributed by atoms with E-state index in [1.54, 1.807) is 0 Å². The summed E-state index contributed by atoms with van der Waals surface area (Å²) < 4.78 is 5.41. The first kappa shape index (κ1) is 21.9. The van der Waals surface area contributed by atoms with Gasteiger partial charge < -0.3 is 19.9 Å². The fourth-order valence-electron chi connectivity index (χ4n) is 3.10. The lowest BCUT2D eigenvalue weighted by molar-refractivity contribution is -0.134. The number of ether oxygens (including phenoxy) is 1. The van der Waals surface area contributed by atoms with Crippen molar-refractivity contribution in [3.05, 3.63) is 0 Å².